The molecule has 0 fully saturated rings. The molecule has 0 amide bonds. The van der Waals surface area contributed by atoms with Crippen LogP contribution in [0.3, 0.4) is 0 Å². The van der Waals surface area contributed by atoms with Gasteiger partial charge in [-0.25, -0.2) is 0 Å². The van der Waals surface area contributed by atoms with Gasteiger partial charge in [-0.05, 0) is 64.8 Å². The van der Waals surface area contributed by atoms with Crippen molar-refractivity contribution in [2.75, 3.05) is 26.3 Å². The Morgan fingerprint density at radius 2 is 1.07 bits per heavy atom. The van der Waals surface area contributed by atoms with Gasteiger partial charge in [0, 0.05) is 24.2 Å². The molecule has 0 unspecified atom stereocenters. The summed E-state index contributed by atoms with van der Waals surface area (Å²) in [5.74, 6) is 2.02. The monoisotopic (exact) mass is 410 g/mol. The molecule has 0 saturated carbocycles. The highest BCUT2D eigenvalue weighted by molar-refractivity contribution is 5.37. The zero-order chi connectivity index (χ0) is 21.0. The number of rotatable bonds is 0. The molecule has 2 aromatic carbocycles. The first-order valence-electron chi connectivity index (χ1n) is 11.6. The number of ether oxygens (including phenoxy) is 2. The van der Waals surface area contributed by atoms with Crippen molar-refractivity contribution in [1.82, 2.24) is 10.6 Å². The summed E-state index contributed by atoms with van der Waals surface area (Å²) >= 11 is 0. The molecule has 3 rings (SSSR count). The van der Waals surface area contributed by atoms with E-state index in [0.717, 1.165) is 63.7 Å². The molecule has 0 bridgehead atoms. The number of aryl methyl sites for hydroxylation is 2. The van der Waals surface area contributed by atoms with Crippen molar-refractivity contribution in [3.63, 3.8) is 0 Å². The minimum absolute atomic E-state index is 0.724. The summed E-state index contributed by atoms with van der Waals surface area (Å²) in [4.78, 5) is 0. The molecule has 0 spiro atoms. The zero-order valence-corrected chi connectivity index (χ0v) is 18.8. The Hall–Kier alpha value is -2.04. The summed E-state index contributed by atoms with van der Waals surface area (Å²) in [6.07, 6.45) is 6.95. The van der Waals surface area contributed by atoms with Crippen LogP contribution in [-0.4, -0.2) is 26.3 Å². The van der Waals surface area contributed by atoms with Gasteiger partial charge in [0.1, 0.15) is 11.5 Å². The SMILES string of the molecule is Cc1ccc2c(c1)CNCCCCCCNCc1cc(C)ccc1OCCCCO2. The van der Waals surface area contributed by atoms with Gasteiger partial charge in [-0.2, -0.15) is 0 Å². The lowest BCUT2D eigenvalue weighted by molar-refractivity contribution is 0.263. The molecule has 0 atom stereocenters. The summed E-state index contributed by atoms with van der Waals surface area (Å²) in [7, 11) is 0. The van der Waals surface area contributed by atoms with Crippen molar-refractivity contribution < 1.29 is 9.47 Å². The van der Waals surface area contributed by atoms with Crippen LogP contribution in [0, 0.1) is 13.8 Å². The summed E-state index contributed by atoms with van der Waals surface area (Å²) in [6.45, 7) is 9.60. The van der Waals surface area contributed by atoms with Gasteiger partial charge >= 0.3 is 0 Å². The molecule has 4 nitrogen and oxygen atoms in total. The molecule has 2 N–H and O–H groups in total. The molecule has 0 aliphatic carbocycles. The van der Waals surface area contributed by atoms with Crippen LogP contribution in [0.1, 0.15) is 60.8 Å². The van der Waals surface area contributed by atoms with Gasteiger partial charge in [-0.1, -0.05) is 48.2 Å². The van der Waals surface area contributed by atoms with Gasteiger partial charge in [0.15, 0.2) is 0 Å². The number of hydrogen-bond acceptors (Lipinski definition) is 4. The second kappa shape index (κ2) is 12.6. The number of hydrogen-bond donors (Lipinski definition) is 2. The Balaban J connectivity index is 1.59. The molecule has 0 aromatic heterocycles. The average molecular weight is 411 g/mol. The summed E-state index contributed by atoms with van der Waals surface area (Å²) in [5, 5.41) is 7.18. The van der Waals surface area contributed by atoms with Crippen LogP contribution in [0.4, 0.5) is 0 Å². The molecular weight excluding hydrogens is 372 g/mol. The highest BCUT2D eigenvalue weighted by atomic mass is 16.5. The maximum atomic E-state index is 6.10. The Bertz CT molecular complexity index is 710. The van der Waals surface area contributed by atoms with Crippen LogP contribution in [-0.2, 0) is 13.1 Å². The molecule has 2 aromatic rings. The fraction of sp³-hybridized carbons (Fsp3) is 0.538. The highest BCUT2D eigenvalue weighted by Gasteiger charge is 2.07. The summed E-state index contributed by atoms with van der Waals surface area (Å²) in [6, 6.07) is 13.0. The minimum Gasteiger partial charge on any atom is -0.493 e. The van der Waals surface area contributed by atoms with Crippen LogP contribution in [0.15, 0.2) is 36.4 Å². The van der Waals surface area contributed by atoms with Gasteiger partial charge < -0.3 is 20.1 Å². The zero-order valence-electron chi connectivity index (χ0n) is 18.8. The summed E-state index contributed by atoms with van der Waals surface area (Å²) in [5.41, 5.74) is 5.08. The van der Waals surface area contributed by atoms with Crippen molar-refractivity contribution in [3.05, 3.63) is 58.7 Å². The average Bonchev–Trinajstić information content (AvgIpc) is 2.73. The van der Waals surface area contributed by atoms with Crippen molar-refractivity contribution in [2.24, 2.45) is 0 Å². The smallest absolute Gasteiger partial charge is 0.123 e. The fourth-order valence-corrected chi connectivity index (χ4v) is 3.84. The lowest BCUT2D eigenvalue weighted by atomic mass is 10.1. The van der Waals surface area contributed by atoms with Crippen molar-refractivity contribution >= 4 is 0 Å². The molecule has 1 aliphatic heterocycles. The van der Waals surface area contributed by atoms with Crippen molar-refractivity contribution in [1.29, 1.82) is 0 Å². The third-order valence-electron chi connectivity index (χ3n) is 5.57. The van der Waals surface area contributed by atoms with Gasteiger partial charge in [-0.15, -0.1) is 0 Å². The first-order chi connectivity index (χ1) is 14.7. The number of benzene rings is 2. The van der Waals surface area contributed by atoms with Crippen LogP contribution in [0.5, 0.6) is 11.5 Å². The number of fused-ring (bicyclic) bond motifs is 2. The van der Waals surface area contributed by atoms with Crippen LogP contribution in [0.2, 0.25) is 0 Å². The maximum absolute atomic E-state index is 6.10. The summed E-state index contributed by atoms with van der Waals surface area (Å²) < 4.78 is 12.2. The van der Waals surface area contributed by atoms with Crippen LogP contribution < -0.4 is 20.1 Å². The Labute approximate surface area is 182 Å². The molecule has 0 saturated heterocycles. The third-order valence-corrected chi connectivity index (χ3v) is 5.57. The Kier molecular flexibility index (Phi) is 9.52. The van der Waals surface area contributed by atoms with Crippen LogP contribution >= 0.6 is 0 Å². The second-order valence-corrected chi connectivity index (χ2v) is 8.39. The predicted octanol–water partition coefficient (Wildman–Crippen LogP) is 5.29. The van der Waals surface area contributed by atoms with E-state index in [9.17, 15) is 0 Å². The van der Waals surface area contributed by atoms with Crippen LogP contribution in [0.25, 0.3) is 0 Å². The van der Waals surface area contributed by atoms with E-state index >= 15 is 0 Å². The second-order valence-electron chi connectivity index (χ2n) is 8.39. The fourth-order valence-electron chi connectivity index (χ4n) is 3.84. The van der Waals surface area contributed by atoms with E-state index in [1.54, 1.807) is 0 Å². The van der Waals surface area contributed by atoms with E-state index in [1.165, 1.54) is 47.9 Å². The van der Waals surface area contributed by atoms with Gasteiger partial charge in [-0.3, -0.25) is 0 Å². The van der Waals surface area contributed by atoms with E-state index in [-0.39, 0.29) is 0 Å². The van der Waals surface area contributed by atoms with E-state index in [1.807, 2.05) is 0 Å². The lowest BCUT2D eigenvalue weighted by Gasteiger charge is -2.15. The minimum atomic E-state index is 0.724. The molecule has 30 heavy (non-hydrogen) atoms. The lowest BCUT2D eigenvalue weighted by Crippen LogP contribution is -2.17. The Morgan fingerprint density at radius 1 is 0.600 bits per heavy atom. The van der Waals surface area contributed by atoms with E-state index in [0.29, 0.717) is 0 Å². The maximum Gasteiger partial charge on any atom is 0.123 e. The van der Waals surface area contributed by atoms with Gasteiger partial charge in [0.05, 0.1) is 13.2 Å². The number of nitrogens with one attached hydrogen (secondary N) is 2. The highest BCUT2D eigenvalue weighted by Crippen LogP contribution is 2.22. The first kappa shape index (κ1) is 22.6. The van der Waals surface area contributed by atoms with Gasteiger partial charge in [0.2, 0.25) is 0 Å². The normalized spacial score (nSPS) is 17.7. The topological polar surface area (TPSA) is 42.5 Å². The molecule has 4 heteroatoms. The molecule has 0 radical (unpaired) electrons. The molecule has 164 valence electrons. The predicted molar refractivity (Wildman–Crippen MR) is 124 cm³/mol. The first-order valence-corrected chi connectivity index (χ1v) is 11.6. The standard InChI is InChI=1S/C26H38N2O2/c1-21-9-11-25-23(17-21)19-27-13-5-3-4-6-14-28-20-24-18-22(2)10-12-26(24)30-16-8-7-15-29-25/h9-12,17-18,27-28H,3-8,13-16,19-20H2,1-2H3. The molecular formula is C26H38N2O2. The van der Waals surface area contributed by atoms with E-state index in [2.05, 4.69) is 60.9 Å². The molecule has 1 aliphatic rings. The Morgan fingerprint density at radius 3 is 1.53 bits per heavy atom. The van der Waals surface area contributed by atoms with E-state index in [4.69, 9.17) is 9.47 Å². The van der Waals surface area contributed by atoms with Gasteiger partial charge in [0.25, 0.3) is 0 Å². The van der Waals surface area contributed by atoms with E-state index < -0.39 is 0 Å². The van der Waals surface area contributed by atoms with Crippen molar-refractivity contribution in [3.8, 4) is 11.5 Å². The quantitative estimate of drug-likeness (QED) is 0.619. The largest absolute Gasteiger partial charge is 0.493 e. The molecule has 1 heterocycles. The third kappa shape index (κ3) is 7.66. The van der Waals surface area contributed by atoms with Crippen molar-refractivity contribution in [2.45, 2.75) is 65.5 Å².